The summed E-state index contributed by atoms with van der Waals surface area (Å²) in [6, 6.07) is 7.63. The van der Waals surface area contributed by atoms with Crippen molar-refractivity contribution in [3.05, 3.63) is 63.2 Å². The standard InChI is InChI=1S/C18H21NO/c1-10-6-7-15(19)9-16(10)18(20)17-13(4)11(2)8-12(3)14(17)5/h6-9H,19H2,1-5H3. The average Bonchev–Trinajstić information content (AvgIpc) is 2.39. The number of carbonyl (C=O) groups is 1. The molecule has 0 atom stereocenters. The van der Waals surface area contributed by atoms with Gasteiger partial charge in [-0.15, -0.1) is 0 Å². The van der Waals surface area contributed by atoms with Crippen molar-refractivity contribution in [1.82, 2.24) is 0 Å². The zero-order chi connectivity index (χ0) is 15.0. The van der Waals surface area contributed by atoms with E-state index in [0.29, 0.717) is 11.3 Å². The molecule has 2 heteroatoms. The maximum Gasteiger partial charge on any atom is 0.193 e. The minimum Gasteiger partial charge on any atom is -0.399 e. The lowest BCUT2D eigenvalue weighted by Crippen LogP contribution is -2.10. The summed E-state index contributed by atoms with van der Waals surface area (Å²) in [4.78, 5) is 12.9. The number of anilines is 1. The van der Waals surface area contributed by atoms with Crippen molar-refractivity contribution >= 4 is 11.5 Å². The van der Waals surface area contributed by atoms with E-state index in [4.69, 9.17) is 5.73 Å². The zero-order valence-electron chi connectivity index (χ0n) is 12.8. The van der Waals surface area contributed by atoms with Crippen LogP contribution in [0.15, 0.2) is 24.3 Å². The number of carbonyl (C=O) groups excluding carboxylic acids is 1. The first kappa shape index (κ1) is 14.3. The summed E-state index contributed by atoms with van der Waals surface area (Å²) in [6.45, 7) is 10.1. The summed E-state index contributed by atoms with van der Waals surface area (Å²) in [5.41, 5.74) is 13.3. The van der Waals surface area contributed by atoms with Gasteiger partial charge in [0, 0.05) is 16.8 Å². The molecule has 0 spiro atoms. The molecule has 104 valence electrons. The van der Waals surface area contributed by atoms with Gasteiger partial charge in [-0.2, -0.15) is 0 Å². The van der Waals surface area contributed by atoms with Crippen LogP contribution in [0.5, 0.6) is 0 Å². The van der Waals surface area contributed by atoms with E-state index in [1.54, 1.807) is 6.07 Å². The Labute approximate surface area is 120 Å². The van der Waals surface area contributed by atoms with Gasteiger partial charge in [0.25, 0.3) is 0 Å². The van der Waals surface area contributed by atoms with Crippen LogP contribution in [0.2, 0.25) is 0 Å². The van der Waals surface area contributed by atoms with Crippen LogP contribution in [0.1, 0.15) is 43.7 Å². The summed E-state index contributed by atoms with van der Waals surface area (Å²) in [5.74, 6) is 0.0663. The van der Waals surface area contributed by atoms with E-state index in [-0.39, 0.29) is 5.78 Å². The molecule has 0 aliphatic carbocycles. The first-order valence-corrected chi connectivity index (χ1v) is 6.81. The maximum absolute atomic E-state index is 12.9. The molecule has 0 saturated carbocycles. The van der Waals surface area contributed by atoms with Gasteiger partial charge < -0.3 is 5.73 Å². The number of hydrogen-bond acceptors (Lipinski definition) is 2. The van der Waals surface area contributed by atoms with Crippen molar-refractivity contribution < 1.29 is 4.79 Å². The predicted octanol–water partition coefficient (Wildman–Crippen LogP) is 4.04. The minimum atomic E-state index is 0.0663. The number of nitrogens with two attached hydrogens (primary N) is 1. The highest BCUT2D eigenvalue weighted by atomic mass is 16.1. The van der Waals surface area contributed by atoms with Crippen LogP contribution in [-0.4, -0.2) is 5.78 Å². The summed E-state index contributed by atoms with van der Waals surface area (Å²) >= 11 is 0. The number of ketones is 1. The van der Waals surface area contributed by atoms with Gasteiger partial charge in [0.05, 0.1) is 0 Å². The van der Waals surface area contributed by atoms with E-state index in [1.165, 1.54) is 0 Å². The number of benzene rings is 2. The van der Waals surface area contributed by atoms with Crippen molar-refractivity contribution in [2.45, 2.75) is 34.6 Å². The van der Waals surface area contributed by atoms with Crippen molar-refractivity contribution in [3.8, 4) is 0 Å². The fourth-order valence-electron chi connectivity index (χ4n) is 2.58. The predicted molar refractivity (Wildman–Crippen MR) is 84.4 cm³/mol. The highest BCUT2D eigenvalue weighted by molar-refractivity contribution is 6.12. The zero-order valence-corrected chi connectivity index (χ0v) is 12.8. The second-order valence-corrected chi connectivity index (χ2v) is 5.54. The van der Waals surface area contributed by atoms with Crippen molar-refractivity contribution in [3.63, 3.8) is 0 Å². The van der Waals surface area contributed by atoms with E-state index < -0.39 is 0 Å². The second-order valence-electron chi connectivity index (χ2n) is 5.54. The molecule has 0 unspecified atom stereocenters. The summed E-state index contributed by atoms with van der Waals surface area (Å²) in [7, 11) is 0. The average molecular weight is 267 g/mol. The Bertz CT molecular complexity index is 673. The Hall–Kier alpha value is -2.09. The van der Waals surface area contributed by atoms with Crippen molar-refractivity contribution in [1.29, 1.82) is 0 Å². The summed E-state index contributed by atoms with van der Waals surface area (Å²) < 4.78 is 0. The molecular weight excluding hydrogens is 246 g/mol. The smallest absolute Gasteiger partial charge is 0.193 e. The van der Waals surface area contributed by atoms with Crippen LogP contribution in [0.25, 0.3) is 0 Å². The molecule has 2 aromatic rings. The molecular formula is C18H21NO. The monoisotopic (exact) mass is 267 g/mol. The third-order valence-corrected chi connectivity index (χ3v) is 4.10. The van der Waals surface area contributed by atoms with Crippen LogP contribution >= 0.6 is 0 Å². The number of rotatable bonds is 2. The topological polar surface area (TPSA) is 43.1 Å². The van der Waals surface area contributed by atoms with Crippen LogP contribution in [0.3, 0.4) is 0 Å². The third-order valence-electron chi connectivity index (χ3n) is 4.10. The first-order chi connectivity index (χ1) is 9.32. The molecule has 0 saturated heterocycles. The molecule has 2 aromatic carbocycles. The number of nitrogen functional groups attached to an aromatic ring is 1. The van der Waals surface area contributed by atoms with Crippen molar-refractivity contribution in [2.75, 3.05) is 5.73 Å². The molecule has 2 N–H and O–H groups in total. The summed E-state index contributed by atoms with van der Waals surface area (Å²) in [5, 5.41) is 0. The molecule has 0 aliphatic heterocycles. The van der Waals surface area contributed by atoms with E-state index in [0.717, 1.165) is 33.4 Å². The third kappa shape index (κ3) is 2.34. The Balaban J connectivity index is 2.68. The molecule has 0 radical (unpaired) electrons. The SMILES string of the molecule is Cc1ccc(N)cc1C(=O)c1c(C)c(C)cc(C)c1C. The Morgan fingerprint density at radius 1 is 0.850 bits per heavy atom. The largest absolute Gasteiger partial charge is 0.399 e. The lowest BCUT2D eigenvalue weighted by molar-refractivity contribution is 0.103. The van der Waals surface area contributed by atoms with E-state index in [1.807, 2.05) is 46.8 Å². The van der Waals surface area contributed by atoms with E-state index >= 15 is 0 Å². The lowest BCUT2D eigenvalue weighted by atomic mass is 9.88. The molecule has 0 bridgehead atoms. The van der Waals surface area contributed by atoms with E-state index in [9.17, 15) is 4.79 Å². The van der Waals surface area contributed by atoms with Gasteiger partial charge in [-0.1, -0.05) is 12.1 Å². The first-order valence-electron chi connectivity index (χ1n) is 6.81. The van der Waals surface area contributed by atoms with Crippen molar-refractivity contribution in [2.24, 2.45) is 0 Å². The molecule has 2 rings (SSSR count). The van der Waals surface area contributed by atoms with Gasteiger partial charge >= 0.3 is 0 Å². The van der Waals surface area contributed by atoms with Crippen LogP contribution in [-0.2, 0) is 0 Å². The maximum atomic E-state index is 12.9. The molecule has 0 aliphatic rings. The second kappa shape index (κ2) is 5.12. The molecule has 0 aromatic heterocycles. The number of aryl methyl sites for hydroxylation is 3. The molecule has 20 heavy (non-hydrogen) atoms. The highest BCUT2D eigenvalue weighted by Crippen LogP contribution is 2.26. The van der Waals surface area contributed by atoms with Gasteiger partial charge in [-0.05, 0) is 74.6 Å². The number of hydrogen-bond donors (Lipinski definition) is 1. The Morgan fingerprint density at radius 2 is 1.40 bits per heavy atom. The Kier molecular flexibility index (Phi) is 3.67. The molecule has 0 fully saturated rings. The van der Waals surface area contributed by atoms with Gasteiger partial charge in [0.1, 0.15) is 0 Å². The van der Waals surface area contributed by atoms with E-state index in [2.05, 4.69) is 6.07 Å². The van der Waals surface area contributed by atoms with Gasteiger partial charge in [-0.25, -0.2) is 0 Å². The van der Waals surface area contributed by atoms with Crippen LogP contribution < -0.4 is 5.73 Å². The van der Waals surface area contributed by atoms with Gasteiger partial charge in [0.15, 0.2) is 5.78 Å². The molecule has 2 nitrogen and oxygen atoms in total. The highest BCUT2D eigenvalue weighted by Gasteiger charge is 2.19. The van der Waals surface area contributed by atoms with Gasteiger partial charge in [0.2, 0.25) is 0 Å². The normalized spacial score (nSPS) is 10.7. The minimum absolute atomic E-state index is 0.0663. The molecule has 0 amide bonds. The summed E-state index contributed by atoms with van der Waals surface area (Å²) in [6.07, 6.45) is 0. The molecule has 0 heterocycles. The van der Waals surface area contributed by atoms with Gasteiger partial charge in [-0.3, -0.25) is 4.79 Å². The quantitative estimate of drug-likeness (QED) is 0.659. The lowest BCUT2D eigenvalue weighted by Gasteiger charge is -2.15. The van der Waals surface area contributed by atoms with Crippen LogP contribution in [0.4, 0.5) is 5.69 Å². The fraction of sp³-hybridized carbons (Fsp3) is 0.278. The van der Waals surface area contributed by atoms with Crippen LogP contribution in [0, 0.1) is 34.6 Å². The Morgan fingerprint density at radius 3 is 1.95 bits per heavy atom. The fourth-order valence-corrected chi connectivity index (χ4v) is 2.58.